The molecule has 1 radical (unpaired) electrons. The highest BCUT2D eigenvalue weighted by molar-refractivity contribution is 5.95. The predicted molar refractivity (Wildman–Crippen MR) is 71.8 cm³/mol. The molecule has 93 valence electrons. The molecule has 1 N–H and O–H groups in total. The number of amides is 1. The molecule has 0 heterocycles. The van der Waals surface area contributed by atoms with Crippen molar-refractivity contribution in [1.82, 2.24) is 0 Å². The summed E-state index contributed by atoms with van der Waals surface area (Å²) in [6, 6.07) is 7.44. The zero-order valence-electron chi connectivity index (χ0n) is 10.2. The van der Waals surface area contributed by atoms with Crippen LogP contribution in [0, 0.1) is 5.92 Å². The van der Waals surface area contributed by atoms with Crippen LogP contribution in [0.3, 0.4) is 0 Å². The first-order chi connectivity index (χ1) is 8.81. The Morgan fingerprint density at radius 3 is 2.72 bits per heavy atom. The van der Waals surface area contributed by atoms with Crippen molar-refractivity contribution in [1.29, 1.82) is 0 Å². The van der Waals surface area contributed by atoms with Gasteiger partial charge in [-0.2, -0.15) is 0 Å². The van der Waals surface area contributed by atoms with Gasteiger partial charge in [0.05, 0.1) is 0 Å². The standard InChI is InChI=1S/C15H16NO2/c17-11-5-9-12-6-3-4-10-14(12)16-15(18)13-7-1-2-8-13/h3-6,9-10,13H,1-2,7-8H2,(H,16,18)/b9-5+. The second kappa shape index (κ2) is 6.15. The van der Waals surface area contributed by atoms with E-state index in [2.05, 4.69) is 5.32 Å². The third-order valence-corrected chi connectivity index (χ3v) is 3.28. The maximum absolute atomic E-state index is 12.0. The number of hydrogen-bond acceptors (Lipinski definition) is 2. The molecule has 2 rings (SSSR count). The highest BCUT2D eigenvalue weighted by atomic mass is 16.1. The van der Waals surface area contributed by atoms with Crippen LogP contribution < -0.4 is 5.32 Å². The fourth-order valence-electron chi connectivity index (χ4n) is 2.30. The number of benzene rings is 1. The fraction of sp³-hybridized carbons (Fsp3) is 0.333. The molecule has 0 saturated heterocycles. The van der Waals surface area contributed by atoms with Crippen LogP contribution in [0.4, 0.5) is 5.69 Å². The van der Waals surface area contributed by atoms with E-state index in [1.165, 1.54) is 6.08 Å². The molecule has 1 aliphatic rings. The lowest BCUT2D eigenvalue weighted by molar-refractivity contribution is -0.119. The summed E-state index contributed by atoms with van der Waals surface area (Å²) >= 11 is 0. The summed E-state index contributed by atoms with van der Waals surface area (Å²) in [5.41, 5.74) is 1.58. The monoisotopic (exact) mass is 242 g/mol. The van der Waals surface area contributed by atoms with E-state index in [0.717, 1.165) is 36.9 Å². The molecule has 0 unspecified atom stereocenters. The Kier molecular flexibility index (Phi) is 4.29. The van der Waals surface area contributed by atoms with Crippen LogP contribution in [0.25, 0.3) is 6.08 Å². The van der Waals surface area contributed by atoms with Crippen molar-refractivity contribution in [2.75, 3.05) is 5.32 Å². The van der Waals surface area contributed by atoms with E-state index in [9.17, 15) is 9.59 Å². The second-order valence-electron chi connectivity index (χ2n) is 4.51. The zero-order valence-corrected chi connectivity index (χ0v) is 10.2. The van der Waals surface area contributed by atoms with Gasteiger partial charge in [-0.15, -0.1) is 0 Å². The first kappa shape index (κ1) is 12.6. The van der Waals surface area contributed by atoms with Gasteiger partial charge in [0.15, 0.2) is 0 Å². The smallest absolute Gasteiger partial charge is 0.227 e. The lowest BCUT2D eigenvalue weighted by Gasteiger charge is -2.12. The van der Waals surface area contributed by atoms with Gasteiger partial charge in [-0.3, -0.25) is 9.59 Å². The maximum Gasteiger partial charge on any atom is 0.227 e. The van der Waals surface area contributed by atoms with E-state index in [-0.39, 0.29) is 11.8 Å². The van der Waals surface area contributed by atoms with E-state index < -0.39 is 0 Å². The van der Waals surface area contributed by atoms with Gasteiger partial charge < -0.3 is 5.32 Å². The number of nitrogens with one attached hydrogen (secondary N) is 1. The van der Waals surface area contributed by atoms with Gasteiger partial charge in [-0.25, -0.2) is 0 Å². The molecular weight excluding hydrogens is 226 g/mol. The minimum atomic E-state index is 0.0865. The molecule has 0 spiro atoms. The van der Waals surface area contributed by atoms with Crippen LogP contribution in [-0.2, 0) is 9.59 Å². The molecule has 1 amide bonds. The summed E-state index contributed by atoms with van der Waals surface area (Å²) < 4.78 is 0. The minimum Gasteiger partial charge on any atom is -0.325 e. The van der Waals surface area contributed by atoms with Gasteiger partial charge in [0.25, 0.3) is 0 Å². The quantitative estimate of drug-likeness (QED) is 0.825. The van der Waals surface area contributed by atoms with Crippen LogP contribution in [0.2, 0.25) is 0 Å². The second-order valence-corrected chi connectivity index (χ2v) is 4.51. The van der Waals surface area contributed by atoms with Crippen molar-refractivity contribution in [2.45, 2.75) is 25.7 Å². The average Bonchev–Trinajstić information content (AvgIpc) is 2.91. The molecule has 1 aliphatic carbocycles. The molecule has 1 aromatic rings. The summed E-state index contributed by atoms with van der Waals surface area (Å²) in [6.45, 7) is 0. The van der Waals surface area contributed by atoms with E-state index in [1.54, 1.807) is 12.4 Å². The summed E-state index contributed by atoms with van der Waals surface area (Å²) in [5, 5.41) is 2.94. The van der Waals surface area contributed by atoms with Crippen LogP contribution >= 0.6 is 0 Å². The van der Waals surface area contributed by atoms with Crippen molar-refractivity contribution in [3.05, 3.63) is 35.9 Å². The lowest BCUT2D eigenvalue weighted by atomic mass is 10.1. The van der Waals surface area contributed by atoms with Crippen molar-refractivity contribution >= 4 is 24.0 Å². The molecule has 0 atom stereocenters. The molecule has 1 saturated carbocycles. The summed E-state index contributed by atoms with van der Waals surface area (Å²) in [4.78, 5) is 22.2. The molecule has 3 heteroatoms. The van der Waals surface area contributed by atoms with E-state index in [4.69, 9.17) is 0 Å². The van der Waals surface area contributed by atoms with Gasteiger partial charge in [0, 0.05) is 11.6 Å². The van der Waals surface area contributed by atoms with Crippen molar-refractivity contribution < 1.29 is 9.59 Å². The summed E-state index contributed by atoms with van der Waals surface area (Å²) in [5.74, 6) is 0.225. The molecule has 18 heavy (non-hydrogen) atoms. The highest BCUT2D eigenvalue weighted by Gasteiger charge is 2.22. The molecule has 3 nitrogen and oxygen atoms in total. The van der Waals surface area contributed by atoms with E-state index >= 15 is 0 Å². The Morgan fingerprint density at radius 2 is 2.00 bits per heavy atom. The average molecular weight is 242 g/mol. The van der Waals surface area contributed by atoms with E-state index in [0.29, 0.717) is 0 Å². The SMILES string of the molecule is O=[C]/C=C/c1ccccc1NC(=O)C1CCCC1. The Balaban J connectivity index is 2.10. The topological polar surface area (TPSA) is 46.2 Å². The number of hydrogen-bond donors (Lipinski definition) is 1. The Morgan fingerprint density at radius 1 is 1.28 bits per heavy atom. The summed E-state index contributed by atoms with van der Waals surface area (Å²) in [7, 11) is 0. The highest BCUT2D eigenvalue weighted by Crippen LogP contribution is 2.26. The Labute approximate surface area is 107 Å². The first-order valence-corrected chi connectivity index (χ1v) is 6.25. The third kappa shape index (κ3) is 3.06. The normalized spacial score (nSPS) is 16.0. The first-order valence-electron chi connectivity index (χ1n) is 6.25. The van der Waals surface area contributed by atoms with Gasteiger partial charge in [0.1, 0.15) is 0 Å². The Bertz CT molecular complexity index is 459. The molecule has 0 aliphatic heterocycles. The fourth-order valence-corrected chi connectivity index (χ4v) is 2.30. The zero-order chi connectivity index (χ0) is 12.8. The molecule has 0 bridgehead atoms. The van der Waals surface area contributed by atoms with Crippen LogP contribution in [0.1, 0.15) is 31.2 Å². The minimum absolute atomic E-state index is 0.0865. The molecule has 1 aromatic carbocycles. The largest absolute Gasteiger partial charge is 0.325 e. The van der Waals surface area contributed by atoms with Gasteiger partial charge in [-0.1, -0.05) is 31.0 Å². The maximum atomic E-state index is 12.0. The number of rotatable bonds is 4. The molecular formula is C15H16NO2. The van der Waals surface area contributed by atoms with Crippen molar-refractivity contribution in [3.8, 4) is 0 Å². The van der Waals surface area contributed by atoms with E-state index in [1.807, 2.05) is 24.3 Å². The van der Waals surface area contributed by atoms with Crippen molar-refractivity contribution in [3.63, 3.8) is 0 Å². The number of allylic oxidation sites excluding steroid dienone is 1. The molecule has 1 fully saturated rings. The molecule has 0 aromatic heterocycles. The number of carbonyl (C=O) groups is 1. The predicted octanol–water partition coefficient (Wildman–Crippen LogP) is 2.94. The number of anilines is 1. The van der Waals surface area contributed by atoms with Crippen molar-refractivity contribution in [2.24, 2.45) is 5.92 Å². The third-order valence-electron chi connectivity index (χ3n) is 3.28. The van der Waals surface area contributed by atoms with Gasteiger partial charge >= 0.3 is 0 Å². The number of para-hydroxylation sites is 1. The number of carbonyl (C=O) groups excluding carboxylic acids is 2. The van der Waals surface area contributed by atoms with Gasteiger partial charge in [-0.05, 0) is 36.6 Å². The lowest BCUT2D eigenvalue weighted by Crippen LogP contribution is -2.20. The van der Waals surface area contributed by atoms with Crippen LogP contribution in [-0.4, -0.2) is 12.2 Å². The Hall–Kier alpha value is -1.90. The van der Waals surface area contributed by atoms with Crippen LogP contribution in [0.15, 0.2) is 30.3 Å². The van der Waals surface area contributed by atoms with Gasteiger partial charge in [0.2, 0.25) is 12.2 Å². The van der Waals surface area contributed by atoms with Crippen LogP contribution in [0.5, 0.6) is 0 Å². The summed E-state index contributed by atoms with van der Waals surface area (Å²) in [6.07, 6.45) is 8.90.